The number of hydrogen-bond acceptors (Lipinski definition) is 4. The second kappa shape index (κ2) is 4.35. The number of allylic oxidation sites excluding steroid dienone is 1. The SMILES string of the molecule is OC1=Cc2ncnc(N3CCCCC3)c2CC1. The molecule has 1 N–H and O–H groups in total. The van der Waals surface area contributed by atoms with E-state index in [9.17, 15) is 5.11 Å². The van der Waals surface area contributed by atoms with E-state index in [-0.39, 0.29) is 0 Å². The Balaban J connectivity index is 1.97. The minimum atomic E-state index is 0.431. The van der Waals surface area contributed by atoms with E-state index in [4.69, 9.17) is 0 Å². The first-order valence-corrected chi connectivity index (χ1v) is 6.33. The lowest BCUT2D eigenvalue weighted by Gasteiger charge is -2.30. The molecule has 0 bridgehead atoms. The Hall–Kier alpha value is -1.58. The van der Waals surface area contributed by atoms with Crippen molar-refractivity contribution < 1.29 is 5.11 Å². The van der Waals surface area contributed by atoms with Crippen LogP contribution >= 0.6 is 0 Å². The highest BCUT2D eigenvalue weighted by Gasteiger charge is 2.20. The third-order valence-corrected chi connectivity index (χ3v) is 3.55. The fourth-order valence-electron chi connectivity index (χ4n) is 2.64. The van der Waals surface area contributed by atoms with Gasteiger partial charge in [-0.1, -0.05) is 0 Å². The largest absolute Gasteiger partial charge is 0.512 e. The smallest absolute Gasteiger partial charge is 0.135 e. The van der Waals surface area contributed by atoms with Crippen LogP contribution in [-0.2, 0) is 6.42 Å². The molecular weight excluding hydrogens is 214 g/mol. The number of rotatable bonds is 1. The van der Waals surface area contributed by atoms with Gasteiger partial charge in [-0.2, -0.15) is 0 Å². The lowest BCUT2D eigenvalue weighted by molar-refractivity contribution is 0.391. The molecule has 1 fully saturated rings. The van der Waals surface area contributed by atoms with Crippen LogP contribution in [0.2, 0.25) is 0 Å². The van der Waals surface area contributed by atoms with Crippen LogP contribution in [0, 0.1) is 0 Å². The van der Waals surface area contributed by atoms with E-state index in [2.05, 4.69) is 14.9 Å². The summed E-state index contributed by atoms with van der Waals surface area (Å²) in [4.78, 5) is 11.1. The van der Waals surface area contributed by atoms with Gasteiger partial charge in [-0.25, -0.2) is 9.97 Å². The molecular formula is C13H17N3O. The number of anilines is 1. The van der Waals surface area contributed by atoms with Crippen LogP contribution in [0.4, 0.5) is 5.82 Å². The third-order valence-electron chi connectivity index (χ3n) is 3.55. The predicted molar refractivity (Wildman–Crippen MR) is 67.0 cm³/mol. The highest BCUT2D eigenvalue weighted by molar-refractivity contribution is 5.62. The Morgan fingerprint density at radius 2 is 1.88 bits per heavy atom. The van der Waals surface area contributed by atoms with Gasteiger partial charge in [0, 0.05) is 31.1 Å². The first kappa shape index (κ1) is 10.6. The number of aliphatic hydroxyl groups is 1. The maximum atomic E-state index is 9.54. The molecule has 1 aliphatic carbocycles. The van der Waals surface area contributed by atoms with Gasteiger partial charge in [0.25, 0.3) is 0 Å². The average molecular weight is 231 g/mol. The summed E-state index contributed by atoms with van der Waals surface area (Å²) in [5, 5.41) is 9.54. The maximum absolute atomic E-state index is 9.54. The number of aliphatic hydroxyl groups excluding tert-OH is 1. The zero-order chi connectivity index (χ0) is 11.7. The summed E-state index contributed by atoms with van der Waals surface area (Å²) < 4.78 is 0. The van der Waals surface area contributed by atoms with Crippen molar-refractivity contribution >= 4 is 11.9 Å². The zero-order valence-electron chi connectivity index (χ0n) is 9.89. The van der Waals surface area contributed by atoms with Crippen molar-refractivity contribution in [3.63, 3.8) is 0 Å². The van der Waals surface area contributed by atoms with Crippen molar-refractivity contribution in [2.45, 2.75) is 32.1 Å². The molecule has 2 aliphatic rings. The maximum Gasteiger partial charge on any atom is 0.135 e. The Bertz CT molecular complexity index is 450. The van der Waals surface area contributed by atoms with Crippen LogP contribution in [0.5, 0.6) is 0 Å². The van der Waals surface area contributed by atoms with Gasteiger partial charge < -0.3 is 10.0 Å². The Labute approximate surface area is 101 Å². The van der Waals surface area contributed by atoms with Crippen molar-refractivity contribution in [1.82, 2.24) is 9.97 Å². The van der Waals surface area contributed by atoms with Crippen molar-refractivity contribution in [1.29, 1.82) is 0 Å². The molecule has 1 aromatic rings. The molecule has 0 radical (unpaired) electrons. The van der Waals surface area contributed by atoms with Gasteiger partial charge >= 0.3 is 0 Å². The summed E-state index contributed by atoms with van der Waals surface area (Å²) in [5.74, 6) is 1.51. The molecule has 0 amide bonds. The minimum absolute atomic E-state index is 0.431. The standard InChI is InChI=1S/C13H17N3O/c17-10-4-5-11-12(8-10)14-9-15-13(11)16-6-2-1-3-7-16/h8-9,17H,1-7H2. The Morgan fingerprint density at radius 3 is 2.71 bits per heavy atom. The summed E-state index contributed by atoms with van der Waals surface area (Å²) in [5.41, 5.74) is 2.09. The van der Waals surface area contributed by atoms with Gasteiger partial charge in [0.1, 0.15) is 12.1 Å². The van der Waals surface area contributed by atoms with E-state index in [1.807, 2.05) is 0 Å². The fourth-order valence-corrected chi connectivity index (χ4v) is 2.64. The lowest BCUT2D eigenvalue weighted by Crippen LogP contribution is -2.31. The molecule has 1 saturated heterocycles. The average Bonchev–Trinajstić information content (AvgIpc) is 2.39. The van der Waals surface area contributed by atoms with E-state index < -0.39 is 0 Å². The van der Waals surface area contributed by atoms with Crippen LogP contribution in [-0.4, -0.2) is 28.2 Å². The second-order valence-corrected chi connectivity index (χ2v) is 4.74. The normalized spacial score (nSPS) is 19.8. The molecule has 1 aromatic heterocycles. The summed E-state index contributed by atoms with van der Waals surface area (Å²) in [7, 11) is 0. The van der Waals surface area contributed by atoms with Gasteiger partial charge in [-0.3, -0.25) is 0 Å². The molecule has 4 nitrogen and oxygen atoms in total. The monoisotopic (exact) mass is 231 g/mol. The molecule has 0 atom stereocenters. The van der Waals surface area contributed by atoms with Crippen LogP contribution in [0.3, 0.4) is 0 Å². The molecule has 0 spiro atoms. The van der Waals surface area contributed by atoms with Gasteiger partial charge in [0.2, 0.25) is 0 Å². The molecule has 1 aliphatic heterocycles. The van der Waals surface area contributed by atoms with Crippen LogP contribution in [0.15, 0.2) is 12.1 Å². The quantitative estimate of drug-likeness (QED) is 0.805. The molecule has 3 rings (SSSR count). The summed E-state index contributed by atoms with van der Waals surface area (Å²) in [6.45, 7) is 2.19. The highest BCUT2D eigenvalue weighted by Crippen LogP contribution is 2.29. The van der Waals surface area contributed by atoms with Crippen LogP contribution < -0.4 is 4.90 Å². The summed E-state index contributed by atoms with van der Waals surface area (Å²) in [6.07, 6.45) is 8.77. The number of nitrogens with zero attached hydrogens (tertiary/aromatic N) is 3. The van der Waals surface area contributed by atoms with Crippen molar-refractivity contribution in [2.24, 2.45) is 0 Å². The van der Waals surface area contributed by atoms with Gasteiger partial charge in [-0.15, -0.1) is 0 Å². The Kier molecular flexibility index (Phi) is 2.71. The first-order valence-electron chi connectivity index (χ1n) is 6.33. The zero-order valence-corrected chi connectivity index (χ0v) is 9.89. The van der Waals surface area contributed by atoms with E-state index in [1.165, 1.54) is 24.8 Å². The number of piperidine rings is 1. The van der Waals surface area contributed by atoms with Crippen LogP contribution in [0.25, 0.3) is 6.08 Å². The van der Waals surface area contributed by atoms with Gasteiger partial charge in [-0.05, 0) is 25.7 Å². The molecule has 0 unspecified atom stereocenters. The van der Waals surface area contributed by atoms with E-state index in [1.54, 1.807) is 12.4 Å². The van der Waals surface area contributed by atoms with Crippen LogP contribution in [0.1, 0.15) is 36.9 Å². The minimum Gasteiger partial charge on any atom is -0.512 e. The topological polar surface area (TPSA) is 49.3 Å². The van der Waals surface area contributed by atoms with E-state index in [0.29, 0.717) is 12.2 Å². The van der Waals surface area contributed by atoms with Gasteiger partial charge in [0.15, 0.2) is 0 Å². The fraction of sp³-hybridized carbons (Fsp3) is 0.538. The molecule has 0 saturated carbocycles. The highest BCUT2D eigenvalue weighted by atomic mass is 16.3. The van der Waals surface area contributed by atoms with Crippen molar-refractivity contribution in [3.05, 3.63) is 23.3 Å². The molecule has 2 heterocycles. The number of aromatic nitrogens is 2. The summed E-state index contributed by atoms with van der Waals surface area (Å²) in [6, 6.07) is 0. The summed E-state index contributed by atoms with van der Waals surface area (Å²) >= 11 is 0. The molecule has 0 aromatic carbocycles. The number of fused-ring (bicyclic) bond motifs is 1. The molecule has 4 heteroatoms. The number of hydrogen-bond donors (Lipinski definition) is 1. The first-order chi connectivity index (χ1) is 8.34. The predicted octanol–water partition coefficient (Wildman–Crippen LogP) is 2.31. The molecule has 90 valence electrons. The lowest BCUT2D eigenvalue weighted by atomic mass is 10.00. The van der Waals surface area contributed by atoms with Crippen molar-refractivity contribution in [3.8, 4) is 0 Å². The molecule has 17 heavy (non-hydrogen) atoms. The van der Waals surface area contributed by atoms with Gasteiger partial charge in [0.05, 0.1) is 11.5 Å². The van der Waals surface area contributed by atoms with Crippen molar-refractivity contribution in [2.75, 3.05) is 18.0 Å². The van der Waals surface area contributed by atoms with E-state index >= 15 is 0 Å². The third kappa shape index (κ3) is 1.99. The van der Waals surface area contributed by atoms with E-state index in [0.717, 1.165) is 31.0 Å². The Morgan fingerprint density at radius 1 is 1.06 bits per heavy atom. The second-order valence-electron chi connectivity index (χ2n) is 4.74.